The number of hydrogen-bond acceptors (Lipinski definition) is 1. The minimum atomic E-state index is -0.547. The highest BCUT2D eigenvalue weighted by molar-refractivity contribution is 5.75. The van der Waals surface area contributed by atoms with E-state index in [0.29, 0.717) is 22.7 Å². The Bertz CT molecular complexity index is 844. The first-order chi connectivity index (χ1) is 14.8. The highest BCUT2D eigenvalue weighted by atomic mass is 16.4. The number of aliphatic carboxylic acids is 1. The molecule has 0 heterocycles. The molecule has 4 saturated carbocycles. The van der Waals surface area contributed by atoms with Crippen LogP contribution in [0.15, 0.2) is 11.6 Å². The first-order valence-corrected chi connectivity index (χ1v) is 13.8. The third-order valence-corrected chi connectivity index (χ3v) is 13.3. The molecule has 0 bridgehead atoms. The van der Waals surface area contributed by atoms with Gasteiger partial charge in [0.1, 0.15) is 0 Å². The Morgan fingerprint density at radius 3 is 2.31 bits per heavy atom. The summed E-state index contributed by atoms with van der Waals surface area (Å²) in [5, 5.41) is 10.2. The summed E-state index contributed by atoms with van der Waals surface area (Å²) in [5.74, 6) is 2.72. The second-order valence-corrected chi connectivity index (χ2v) is 14.4. The summed E-state index contributed by atoms with van der Waals surface area (Å²) in [6.07, 6.45) is 14.9. The largest absolute Gasteiger partial charge is 0.481 e. The summed E-state index contributed by atoms with van der Waals surface area (Å²) in [6.45, 7) is 17.5. The lowest BCUT2D eigenvalue weighted by molar-refractivity contribution is -0.196. The van der Waals surface area contributed by atoms with E-state index < -0.39 is 11.4 Å². The number of fused-ring (bicyclic) bond motifs is 7. The summed E-state index contributed by atoms with van der Waals surface area (Å²) >= 11 is 0. The fourth-order valence-electron chi connectivity index (χ4n) is 10.9. The maximum Gasteiger partial charge on any atom is 0.309 e. The summed E-state index contributed by atoms with van der Waals surface area (Å²) in [4.78, 5) is 12.5. The Hall–Kier alpha value is -0.790. The predicted molar refractivity (Wildman–Crippen MR) is 131 cm³/mol. The van der Waals surface area contributed by atoms with Crippen LogP contribution in [0.2, 0.25) is 0 Å². The van der Waals surface area contributed by atoms with E-state index in [0.717, 1.165) is 37.0 Å². The second kappa shape index (κ2) is 6.88. The summed E-state index contributed by atoms with van der Waals surface area (Å²) in [6, 6.07) is 0. The molecule has 2 heteroatoms. The monoisotopic (exact) mass is 440 g/mol. The number of carboxylic acid groups (broad SMARTS) is 1. The Labute approximate surface area is 197 Å². The van der Waals surface area contributed by atoms with Crippen LogP contribution in [0.5, 0.6) is 0 Å². The van der Waals surface area contributed by atoms with Crippen LogP contribution in [-0.4, -0.2) is 11.1 Å². The van der Waals surface area contributed by atoms with Crippen molar-refractivity contribution in [3.05, 3.63) is 11.6 Å². The third kappa shape index (κ3) is 2.62. The van der Waals surface area contributed by atoms with Gasteiger partial charge in [0.15, 0.2) is 0 Å². The minimum Gasteiger partial charge on any atom is -0.481 e. The number of rotatable bonds is 1. The van der Waals surface area contributed by atoms with E-state index in [1.165, 1.54) is 44.9 Å². The number of carbonyl (C=O) groups is 1. The van der Waals surface area contributed by atoms with Crippen molar-refractivity contribution in [1.82, 2.24) is 0 Å². The maximum absolute atomic E-state index is 12.5. The van der Waals surface area contributed by atoms with E-state index in [1.54, 1.807) is 0 Å². The molecular weight excluding hydrogens is 392 g/mol. The highest BCUT2D eigenvalue weighted by Gasteiger charge is 2.68. The van der Waals surface area contributed by atoms with Gasteiger partial charge in [-0.3, -0.25) is 4.79 Å². The normalized spacial score (nSPS) is 57.3. The molecule has 1 N–H and O–H groups in total. The SMILES string of the molecule is C[C@H]1[C@H](C)CC[C@]2(C)CC[C@]3(C)C(=CC[C@@H]4[C@@]5(C)CCCC(C)(C(=O)O)[C@@H]5CC[C@]43C)[C@H]12. The van der Waals surface area contributed by atoms with Crippen LogP contribution in [0.25, 0.3) is 0 Å². The molecule has 0 amide bonds. The fourth-order valence-corrected chi connectivity index (χ4v) is 10.9. The highest BCUT2D eigenvalue weighted by Crippen LogP contribution is 2.75. The molecule has 0 aromatic heterocycles. The van der Waals surface area contributed by atoms with Crippen LogP contribution in [-0.2, 0) is 4.79 Å². The van der Waals surface area contributed by atoms with Crippen LogP contribution in [0.3, 0.4) is 0 Å². The quantitative estimate of drug-likeness (QED) is 0.418. The van der Waals surface area contributed by atoms with Crippen LogP contribution in [0.1, 0.15) is 113 Å². The van der Waals surface area contributed by atoms with Gasteiger partial charge in [-0.1, -0.05) is 59.6 Å². The van der Waals surface area contributed by atoms with Crippen molar-refractivity contribution in [3.8, 4) is 0 Å². The van der Waals surface area contributed by atoms with Crippen molar-refractivity contribution in [2.45, 2.75) is 113 Å². The zero-order valence-corrected chi connectivity index (χ0v) is 21.9. The van der Waals surface area contributed by atoms with Gasteiger partial charge in [-0.05, 0) is 116 Å². The minimum absolute atomic E-state index is 0.148. The molecule has 0 aliphatic heterocycles. The molecule has 0 radical (unpaired) electrons. The molecule has 32 heavy (non-hydrogen) atoms. The van der Waals surface area contributed by atoms with E-state index in [2.05, 4.69) is 54.5 Å². The number of carboxylic acids is 1. The lowest BCUT2D eigenvalue weighted by Crippen LogP contribution is -2.64. The third-order valence-electron chi connectivity index (χ3n) is 13.3. The van der Waals surface area contributed by atoms with E-state index in [9.17, 15) is 9.90 Å². The number of allylic oxidation sites excluding steroid dienone is 2. The average molecular weight is 441 g/mol. The van der Waals surface area contributed by atoms with E-state index >= 15 is 0 Å². The van der Waals surface area contributed by atoms with Gasteiger partial charge in [0.25, 0.3) is 0 Å². The molecule has 0 saturated heterocycles. The summed E-state index contributed by atoms with van der Waals surface area (Å²) in [5.41, 5.74) is 2.47. The van der Waals surface area contributed by atoms with Gasteiger partial charge in [-0.2, -0.15) is 0 Å². The molecule has 5 aliphatic carbocycles. The molecule has 2 nitrogen and oxygen atoms in total. The lowest BCUT2D eigenvalue weighted by Gasteiger charge is -2.71. The topological polar surface area (TPSA) is 37.3 Å². The van der Waals surface area contributed by atoms with Gasteiger partial charge in [-0.25, -0.2) is 0 Å². The molecule has 4 fully saturated rings. The summed E-state index contributed by atoms with van der Waals surface area (Å²) in [7, 11) is 0. The Balaban J connectivity index is 1.59. The van der Waals surface area contributed by atoms with Gasteiger partial charge in [0.2, 0.25) is 0 Å². The lowest BCUT2D eigenvalue weighted by atomic mass is 9.33. The van der Waals surface area contributed by atoms with E-state index in [1.807, 2.05) is 5.57 Å². The van der Waals surface area contributed by atoms with Crippen molar-refractivity contribution in [1.29, 1.82) is 0 Å². The smallest absolute Gasteiger partial charge is 0.309 e. The zero-order valence-electron chi connectivity index (χ0n) is 21.9. The first-order valence-electron chi connectivity index (χ1n) is 13.8. The molecule has 0 spiro atoms. The Kier molecular flexibility index (Phi) is 4.94. The van der Waals surface area contributed by atoms with Crippen molar-refractivity contribution in [2.75, 3.05) is 0 Å². The van der Waals surface area contributed by atoms with Gasteiger partial charge < -0.3 is 5.11 Å². The average Bonchev–Trinajstić information content (AvgIpc) is 2.72. The van der Waals surface area contributed by atoms with Crippen LogP contribution < -0.4 is 0 Å². The predicted octanol–water partition coefficient (Wildman–Crippen LogP) is 8.12. The molecular formula is C30H48O2. The van der Waals surface area contributed by atoms with Gasteiger partial charge in [-0.15, -0.1) is 0 Å². The Morgan fingerprint density at radius 2 is 1.62 bits per heavy atom. The zero-order chi connectivity index (χ0) is 23.3. The van der Waals surface area contributed by atoms with Crippen molar-refractivity contribution in [3.63, 3.8) is 0 Å². The standard InChI is InChI=1S/C30H48O2/c1-19-11-15-26(3)17-18-29(6)21(24(26)20(19)2)9-10-23-27(4)13-8-14-28(5,25(31)32)22(27)12-16-30(23,29)7/h9,19-20,22-24H,8,10-18H2,1-7H3,(H,31,32)/t19-,20+,22-,23-,24+,26-,27+,28?,29-,30-/m1/s1. The van der Waals surface area contributed by atoms with Gasteiger partial charge >= 0.3 is 5.97 Å². The Morgan fingerprint density at radius 1 is 0.906 bits per heavy atom. The molecule has 0 aromatic rings. The molecule has 180 valence electrons. The van der Waals surface area contributed by atoms with Crippen molar-refractivity contribution < 1.29 is 9.90 Å². The van der Waals surface area contributed by atoms with Crippen molar-refractivity contribution in [2.24, 2.45) is 56.7 Å². The van der Waals surface area contributed by atoms with Crippen LogP contribution in [0.4, 0.5) is 0 Å². The first kappa shape index (κ1) is 23.0. The molecule has 5 aliphatic rings. The molecule has 0 aromatic carbocycles. The van der Waals surface area contributed by atoms with E-state index in [4.69, 9.17) is 0 Å². The van der Waals surface area contributed by atoms with Crippen molar-refractivity contribution >= 4 is 5.97 Å². The summed E-state index contributed by atoms with van der Waals surface area (Å²) < 4.78 is 0. The fraction of sp³-hybridized carbons (Fsp3) is 0.900. The molecule has 5 rings (SSSR count). The van der Waals surface area contributed by atoms with Gasteiger partial charge in [0.05, 0.1) is 5.41 Å². The molecule has 10 atom stereocenters. The number of hydrogen-bond donors (Lipinski definition) is 1. The van der Waals surface area contributed by atoms with Gasteiger partial charge in [0, 0.05) is 0 Å². The van der Waals surface area contributed by atoms with Crippen LogP contribution >= 0.6 is 0 Å². The van der Waals surface area contributed by atoms with E-state index in [-0.39, 0.29) is 10.8 Å². The molecule has 1 unspecified atom stereocenters. The van der Waals surface area contributed by atoms with Crippen LogP contribution in [0, 0.1) is 56.7 Å². The maximum atomic E-state index is 12.5. The second-order valence-electron chi connectivity index (χ2n) is 14.4.